The van der Waals surface area contributed by atoms with Crippen molar-refractivity contribution in [2.45, 2.75) is 26.9 Å². The van der Waals surface area contributed by atoms with Crippen LogP contribution >= 0.6 is 0 Å². The standard InChI is InChI=1S/C17H17NO2/c1-11-5-4-6-16(12(11)2)20-17-9-14(10-18)7-8-15(17)13(3)19/h4-9,13,19H,1-3H3. The van der Waals surface area contributed by atoms with Gasteiger partial charge < -0.3 is 9.84 Å². The normalized spacial score (nSPS) is 11.8. The lowest BCUT2D eigenvalue weighted by Crippen LogP contribution is -1.98. The van der Waals surface area contributed by atoms with Crippen molar-refractivity contribution in [2.24, 2.45) is 0 Å². The topological polar surface area (TPSA) is 53.2 Å². The molecule has 0 bridgehead atoms. The second-order valence-electron chi connectivity index (χ2n) is 4.84. The molecule has 0 saturated heterocycles. The van der Waals surface area contributed by atoms with Crippen LogP contribution < -0.4 is 4.74 Å². The van der Waals surface area contributed by atoms with Crippen LogP contribution in [0.4, 0.5) is 0 Å². The number of aliphatic hydroxyl groups is 1. The predicted octanol–water partition coefficient (Wildman–Crippen LogP) is 4.02. The molecule has 0 aliphatic heterocycles. The summed E-state index contributed by atoms with van der Waals surface area (Å²) in [7, 11) is 0. The van der Waals surface area contributed by atoms with E-state index in [1.165, 1.54) is 0 Å². The molecule has 1 atom stereocenters. The van der Waals surface area contributed by atoms with E-state index in [4.69, 9.17) is 10.00 Å². The fraction of sp³-hybridized carbons (Fsp3) is 0.235. The van der Waals surface area contributed by atoms with Crippen molar-refractivity contribution in [1.29, 1.82) is 5.26 Å². The number of hydrogen-bond acceptors (Lipinski definition) is 3. The smallest absolute Gasteiger partial charge is 0.134 e. The maximum Gasteiger partial charge on any atom is 0.134 e. The molecule has 0 saturated carbocycles. The van der Waals surface area contributed by atoms with E-state index >= 15 is 0 Å². The quantitative estimate of drug-likeness (QED) is 0.913. The van der Waals surface area contributed by atoms with Crippen LogP contribution in [0.15, 0.2) is 36.4 Å². The molecule has 0 spiro atoms. The highest BCUT2D eigenvalue weighted by atomic mass is 16.5. The molecule has 0 fully saturated rings. The third kappa shape index (κ3) is 2.81. The van der Waals surface area contributed by atoms with Crippen molar-refractivity contribution in [3.05, 3.63) is 58.7 Å². The van der Waals surface area contributed by atoms with Crippen LogP contribution in [0.1, 0.15) is 35.3 Å². The molecule has 102 valence electrons. The van der Waals surface area contributed by atoms with Gasteiger partial charge in [0.2, 0.25) is 0 Å². The molecule has 0 amide bonds. The number of rotatable bonds is 3. The highest BCUT2D eigenvalue weighted by Gasteiger charge is 2.12. The summed E-state index contributed by atoms with van der Waals surface area (Å²) in [6.45, 7) is 5.68. The molecule has 1 unspecified atom stereocenters. The Morgan fingerprint density at radius 2 is 1.90 bits per heavy atom. The number of ether oxygens (including phenoxy) is 1. The summed E-state index contributed by atoms with van der Waals surface area (Å²) in [6, 6.07) is 13.0. The molecule has 1 N–H and O–H groups in total. The zero-order chi connectivity index (χ0) is 14.7. The number of aliphatic hydroxyl groups excluding tert-OH is 1. The third-order valence-electron chi connectivity index (χ3n) is 3.37. The molecule has 0 aliphatic carbocycles. The molecule has 2 aromatic carbocycles. The number of aryl methyl sites for hydroxylation is 1. The van der Waals surface area contributed by atoms with E-state index in [9.17, 15) is 5.11 Å². The fourth-order valence-corrected chi connectivity index (χ4v) is 1.99. The van der Waals surface area contributed by atoms with E-state index < -0.39 is 6.10 Å². The lowest BCUT2D eigenvalue weighted by Gasteiger charge is -2.15. The van der Waals surface area contributed by atoms with Gasteiger partial charge in [-0.15, -0.1) is 0 Å². The van der Waals surface area contributed by atoms with Crippen LogP contribution in [0, 0.1) is 25.2 Å². The van der Waals surface area contributed by atoms with E-state index in [-0.39, 0.29) is 0 Å². The first kappa shape index (κ1) is 14.1. The minimum absolute atomic E-state index is 0.509. The summed E-state index contributed by atoms with van der Waals surface area (Å²) < 4.78 is 5.91. The van der Waals surface area contributed by atoms with Gasteiger partial charge in [0, 0.05) is 5.56 Å². The van der Waals surface area contributed by atoms with Gasteiger partial charge in [-0.25, -0.2) is 0 Å². The largest absolute Gasteiger partial charge is 0.457 e. The van der Waals surface area contributed by atoms with Gasteiger partial charge in [0.15, 0.2) is 0 Å². The van der Waals surface area contributed by atoms with E-state index in [1.54, 1.807) is 25.1 Å². The molecule has 3 heteroatoms. The third-order valence-corrected chi connectivity index (χ3v) is 3.37. The minimum atomic E-state index is -0.650. The Labute approximate surface area is 119 Å². The van der Waals surface area contributed by atoms with Gasteiger partial charge >= 0.3 is 0 Å². The van der Waals surface area contributed by atoms with Gasteiger partial charge in [0.05, 0.1) is 17.7 Å². The van der Waals surface area contributed by atoms with E-state index in [0.717, 1.165) is 16.9 Å². The summed E-state index contributed by atoms with van der Waals surface area (Å²) >= 11 is 0. The zero-order valence-corrected chi connectivity index (χ0v) is 11.8. The summed E-state index contributed by atoms with van der Waals surface area (Å²) in [5, 5.41) is 18.8. The molecule has 2 aromatic rings. The number of nitriles is 1. The molecule has 2 rings (SSSR count). The average Bonchev–Trinajstić information content (AvgIpc) is 2.43. The van der Waals surface area contributed by atoms with Gasteiger partial charge in [-0.1, -0.05) is 18.2 Å². The molecular formula is C17H17NO2. The maximum atomic E-state index is 9.81. The second kappa shape index (κ2) is 5.77. The van der Waals surface area contributed by atoms with Crippen LogP contribution in [0.2, 0.25) is 0 Å². The number of hydrogen-bond donors (Lipinski definition) is 1. The van der Waals surface area contributed by atoms with Gasteiger partial charge in [-0.05, 0) is 50.1 Å². The van der Waals surface area contributed by atoms with Crippen LogP contribution in [0.25, 0.3) is 0 Å². The van der Waals surface area contributed by atoms with Gasteiger partial charge in [0.1, 0.15) is 11.5 Å². The van der Waals surface area contributed by atoms with Crippen LogP contribution in [0.5, 0.6) is 11.5 Å². The van der Waals surface area contributed by atoms with Crippen LogP contribution in [-0.2, 0) is 0 Å². The van der Waals surface area contributed by atoms with E-state index in [2.05, 4.69) is 6.07 Å². The van der Waals surface area contributed by atoms with E-state index in [1.807, 2.05) is 32.0 Å². The highest BCUT2D eigenvalue weighted by molar-refractivity contribution is 5.47. The average molecular weight is 267 g/mol. The minimum Gasteiger partial charge on any atom is -0.457 e. The Bertz CT molecular complexity index is 669. The first-order valence-electron chi connectivity index (χ1n) is 6.49. The van der Waals surface area contributed by atoms with E-state index in [0.29, 0.717) is 16.9 Å². The predicted molar refractivity (Wildman–Crippen MR) is 77.8 cm³/mol. The Morgan fingerprint density at radius 1 is 1.15 bits per heavy atom. The molecular weight excluding hydrogens is 250 g/mol. The molecule has 20 heavy (non-hydrogen) atoms. The Morgan fingerprint density at radius 3 is 2.55 bits per heavy atom. The van der Waals surface area contributed by atoms with Crippen molar-refractivity contribution >= 4 is 0 Å². The molecule has 0 aliphatic rings. The van der Waals surface area contributed by atoms with Crippen molar-refractivity contribution in [2.75, 3.05) is 0 Å². The van der Waals surface area contributed by atoms with Crippen molar-refractivity contribution in [3.63, 3.8) is 0 Å². The molecule has 3 nitrogen and oxygen atoms in total. The van der Waals surface area contributed by atoms with Gasteiger partial charge in [-0.3, -0.25) is 0 Å². The van der Waals surface area contributed by atoms with Gasteiger partial charge in [-0.2, -0.15) is 5.26 Å². The molecule has 0 radical (unpaired) electrons. The first-order valence-corrected chi connectivity index (χ1v) is 6.49. The highest BCUT2D eigenvalue weighted by Crippen LogP contribution is 2.32. The first-order chi connectivity index (χ1) is 9.52. The zero-order valence-electron chi connectivity index (χ0n) is 11.8. The van der Waals surface area contributed by atoms with Crippen molar-refractivity contribution < 1.29 is 9.84 Å². The monoisotopic (exact) mass is 267 g/mol. The summed E-state index contributed by atoms with van der Waals surface area (Å²) in [6.07, 6.45) is -0.650. The second-order valence-corrected chi connectivity index (χ2v) is 4.84. The lowest BCUT2D eigenvalue weighted by atomic mass is 10.1. The summed E-state index contributed by atoms with van der Waals surface area (Å²) in [5.41, 5.74) is 3.36. The van der Waals surface area contributed by atoms with Crippen LogP contribution in [-0.4, -0.2) is 5.11 Å². The maximum absolute atomic E-state index is 9.81. The van der Waals surface area contributed by atoms with Crippen molar-refractivity contribution in [3.8, 4) is 17.6 Å². The molecule has 0 aromatic heterocycles. The lowest BCUT2D eigenvalue weighted by molar-refractivity contribution is 0.195. The summed E-state index contributed by atoms with van der Waals surface area (Å²) in [4.78, 5) is 0. The SMILES string of the molecule is Cc1cccc(Oc2cc(C#N)ccc2C(C)O)c1C. The molecule has 0 heterocycles. The van der Waals surface area contributed by atoms with Crippen LogP contribution in [0.3, 0.4) is 0 Å². The fourth-order valence-electron chi connectivity index (χ4n) is 1.99. The number of benzene rings is 2. The van der Waals surface area contributed by atoms with Gasteiger partial charge in [0.25, 0.3) is 0 Å². The Balaban J connectivity index is 2.46. The Hall–Kier alpha value is -2.31. The number of nitrogens with zero attached hydrogens (tertiary/aromatic N) is 1. The summed E-state index contributed by atoms with van der Waals surface area (Å²) in [5.74, 6) is 1.26. The van der Waals surface area contributed by atoms with Crippen molar-refractivity contribution in [1.82, 2.24) is 0 Å². The Kier molecular flexibility index (Phi) is 4.07.